The van der Waals surface area contributed by atoms with E-state index in [0.29, 0.717) is 0 Å². The van der Waals surface area contributed by atoms with Crippen LogP contribution in [0.5, 0.6) is 5.75 Å². The first-order chi connectivity index (χ1) is 10.3. The van der Waals surface area contributed by atoms with Crippen LogP contribution in [0.25, 0.3) is 0 Å². The Morgan fingerprint density at radius 1 is 1.14 bits per heavy atom. The SMILES string of the molecule is OC(CCc1ccc2c(c1)CCO2)CCC1CCCCC1. The normalized spacial score (nSPS) is 20.0. The minimum absolute atomic E-state index is 0.128. The fraction of sp³-hybridized carbons (Fsp3) is 0.684. The van der Waals surface area contributed by atoms with E-state index in [4.69, 9.17) is 4.74 Å². The van der Waals surface area contributed by atoms with E-state index in [9.17, 15) is 5.11 Å². The van der Waals surface area contributed by atoms with Crippen LogP contribution in [0.2, 0.25) is 0 Å². The topological polar surface area (TPSA) is 29.5 Å². The van der Waals surface area contributed by atoms with E-state index in [1.54, 1.807) is 0 Å². The van der Waals surface area contributed by atoms with Crippen LogP contribution in [0.3, 0.4) is 0 Å². The lowest BCUT2D eigenvalue weighted by Gasteiger charge is -2.22. The van der Waals surface area contributed by atoms with Crippen LogP contribution in [0, 0.1) is 5.92 Å². The first-order valence-corrected chi connectivity index (χ1v) is 8.74. The summed E-state index contributed by atoms with van der Waals surface area (Å²) >= 11 is 0. The third-order valence-electron chi connectivity index (χ3n) is 5.15. The Kier molecular flexibility index (Phi) is 5.18. The quantitative estimate of drug-likeness (QED) is 0.847. The van der Waals surface area contributed by atoms with Gasteiger partial charge in [-0.15, -0.1) is 0 Å². The Labute approximate surface area is 128 Å². The van der Waals surface area contributed by atoms with Crippen molar-refractivity contribution in [3.8, 4) is 5.75 Å². The van der Waals surface area contributed by atoms with Crippen molar-refractivity contribution in [2.24, 2.45) is 5.92 Å². The van der Waals surface area contributed by atoms with Crippen LogP contribution in [0.1, 0.15) is 62.5 Å². The van der Waals surface area contributed by atoms with Gasteiger partial charge in [0.25, 0.3) is 0 Å². The molecule has 0 spiro atoms. The Morgan fingerprint density at radius 2 is 2.00 bits per heavy atom. The molecule has 0 amide bonds. The molecule has 1 aromatic carbocycles. The summed E-state index contributed by atoms with van der Waals surface area (Å²) in [5, 5.41) is 10.2. The molecule has 1 heterocycles. The molecule has 0 saturated heterocycles. The predicted octanol–water partition coefficient (Wildman–Crippen LogP) is 4.28. The fourth-order valence-corrected chi connectivity index (χ4v) is 3.78. The summed E-state index contributed by atoms with van der Waals surface area (Å²) in [7, 11) is 0. The predicted molar refractivity (Wildman–Crippen MR) is 85.8 cm³/mol. The van der Waals surface area contributed by atoms with Crippen molar-refractivity contribution in [3.05, 3.63) is 29.3 Å². The molecule has 1 fully saturated rings. The summed E-state index contributed by atoms with van der Waals surface area (Å²) < 4.78 is 5.54. The molecule has 21 heavy (non-hydrogen) atoms. The molecule has 2 heteroatoms. The molecular formula is C19H28O2. The van der Waals surface area contributed by atoms with Gasteiger partial charge in [0.15, 0.2) is 0 Å². The molecule has 1 saturated carbocycles. The Bertz CT molecular complexity index is 449. The molecule has 1 unspecified atom stereocenters. The average molecular weight is 288 g/mol. The largest absolute Gasteiger partial charge is 0.493 e. The van der Waals surface area contributed by atoms with E-state index in [1.807, 2.05) is 0 Å². The van der Waals surface area contributed by atoms with Crippen LogP contribution in [-0.2, 0) is 12.8 Å². The highest BCUT2D eigenvalue weighted by molar-refractivity contribution is 5.39. The summed E-state index contributed by atoms with van der Waals surface area (Å²) in [6, 6.07) is 6.50. The number of benzene rings is 1. The van der Waals surface area contributed by atoms with Crippen molar-refractivity contribution in [1.82, 2.24) is 0 Å². The minimum Gasteiger partial charge on any atom is -0.493 e. The van der Waals surface area contributed by atoms with E-state index in [1.165, 1.54) is 49.7 Å². The zero-order valence-electron chi connectivity index (χ0n) is 13.0. The highest BCUT2D eigenvalue weighted by atomic mass is 16.5. The van der Waals surface area contributed by atoms with Crippen molar-refractivity contribution in [2.75, 3.05) is 6.61 Å². The lowest BCUT2D eigenvalue weighted by Crippen LogP contribution is -2.13. The number of aliphatic hydroxyl groups is 1. The molecule has 1 aliphatic heterocycles. The lowest BCUT2D eigenvalue weighted by molar-refractivity contribution is 0.140. The Hall–Kier alpha value is -1.02. The van der Waals surface area contributed by atoms with Crippen LogP contribution in [0.15, 0.2) is 18.2 Å². The highest BCUT2D eigenvalue weighted by Gasteiger charge is 2.16. The van der Waals surface area contributed by atoms with Crippen LogP contribution in [-0.4, -0.2) is 17.8 Å². The fourth-order valence-electron chi connectivity index (χ4n) is 3.78. The molecule has 2 nitrogen and oxygen atoms in total. The second kappa shape index (κ2) is 7.31. The van der Waals surface area contributed by atoms with Gasteiger partial charge < -0.3 is 9.84 Å². The van der Waals surface area contributed by atoms with Crippen LogP contribution >= 0.6 is 0 Å². The molecule has 2 aliphatic rings. The Morgan fingerprint density at radius 3 is 2.86 bits per heavy atom. The summed E-state index contributed by atoms with van der Waals surface area (Å²) in [6.45, 7) is 0.822. The van der Waals surface area contributed by atoms with E-state index in [-0.39, 0.29) is 6.10 Å². The zero-order valence-corrected chi connectivity index (χ0v) is 13.0. The summed E-state index contributed by atoms with van der Waals surface area (Å²) in [5.74, 6) is 1.93. The molecular weight excluding hydrogens is 260 g/mol. The van der Waals surface area contributed by atoms with Crippen molar-refractivity contribution in [1.29, 1.82) is 0 Å². The second-order valence-corrected chi connectivity index (χ2v) is 6.81. The van der Waals surface area contributed by atoms with E-state index in [2.05, 4.69) is 18.2 Å². The van der Waals surface area contributed by atoms with E-state index in [0.717, 1.165) is 44.0 Å². The van der Waals surface area contributed by atoms with Gasteiger partial charge in [0, 0.05) is 6.42 Å². The highest BCUT2D eigenvalue weighted by Crippen LogP contribution is 2.29. The summed E-state index contributed by atoms with van der Waals surface area (Å²) in [4.78, 5) is 0. The third kappa shape index (κ3) is 4.23. The molecule has 1 atom stereocenters. The van der Waals surface area contributed by atoms with Gasteiger partial charge in [-0.2, -0.15) is 0 Å². The molecule has 1 aliphatic carbocycles. The number of aryl methyl sites for hydroxylation is 1. The number of hydrogen-bond donors (Lipinski definition) is 1. The van der Waals surface area contributed by atoms with Crippen LogP contribution < -0.4 is 4.74 Å². The van der Waals surface area contributed by atoms with Crippen molar-refractivity contribution in [2.45, 2.75) is 70.3 Å². The summed E-state index contributed by atoms with van der Waals surface area (Å²) in [5.41, 5.74) is 2.68. The number of rotatable bonds is 6. The molecule has 0 aromatic heterocycles. The maximum absolute atomic E-state index is 10.2. The molecule has 1 aromatic rings. The molecule has 3 rings (SSSR count). The maximum Gasteiger partial charge on any atom is 0.122 e. The van der Waals surface area contributed by atoms with Gasteiger partial charge in [0.1, 0.15) is 5.75 Å². The number of ether oxygens (including phenoxy) is 1. The van der Waals surface area contributed by atoms with Gasteiger partial charge >= 0.3 is 0 Å². The zero-order chi connectivity index (χ0) is 14.5. The van der Waals surface area contributed by atoms with Gasteiger partial charge in [0.05, 0.1) is 12.7 Å². The van der Waals surface area contributed by atoms with Gasteiger partial charge in [0.2, 0.25) is 0 Å². The number of aliphatic hydroxyl groups excluding tert-OH is 1. The van der Waals surface area contributed by atoms with Crippen LogP contribution in [0.4, 0.5) is 0 Å². The average Bonchev–Trinajstić information content (AvgIpc) is 2.99. The minimum atomic E-state index is -0.128. The standard InChI is InChI=1S/C19H28O2/c20-18(9-6-15-4-2-1-3-5-15)10-7-16-8-11-19-17(14-16)12-13-21-19/h8,11,14-15,18,20H,1-7,9-10,12-13H2. The molecule has 0 radical (unpaired) electrons. The molecule has 116 valence electrons. The van der Waals surface area contributed by atoms with Crippen molar-refractivity contribution in [3.63, 3.8) is 0 Å². The van der Waals surface area contributed by atoms with E-state index < -0.39 is 0 Å². The number of fused-ring (bicyclic) bond motifs is 1. The molecule has 1 N–H and O–H groups in total. The first-order valence-electron chi connectivity index (χ1n) is 8.74. The molecule has 0 bridgehead atoms. The Balaban J connectivity index is 1.40. The van der Waals surface area contributed by atoms with Gasteiger partial charge in [-0.3, -0.25) is 0 Å². The number of hydrogen-bond acceptors (Lipinski definition) is 2. The van der Waals surface area contributed by atoms with Gasteiger partial charge in [-0.1, -0.05) is 44.2 Å². The van der Waals surface area contributed by atoms with Crippen molar-refractivity contribution < 1.29 is 9.84 Å². The monoisotopic (exact) mass is 288 g/mol. The second-order valence-electron chi connectivity index (χ2n) is 6.81. The van der Waals surface area contributed by atoms with E-state index >= 15 is 0 Å². The maximum atomic E-state index is 10.2. The van der Waals surface area contributed by atoms with Gasteiger partial charge in [-0.05, 0) is 48.8 Å². The third-order valence-corrected chi connectivity index (χ3v) is 5.15. The smallest absolute Gasteiger partial charge is 0.122 e. The first kappa shape index (κ1) is 14.9. The van der Waals surface area contributed by atoms with Gasteiger partial charge in [-0.25, -0.2) is 0 Å². The summed E-state index contributed by atoms with van der Waals surface area (Å²) in [6.07, 6.45) is 12.0. The lowest BCUT2D eigenvalue weighted by atomic mass is 9.85. The van der Waals surface area contributed by atoms with Crippen molar-refractivity contribution >= 4 is 0 Å².